The SMILES string of the molecule is N#Cc1ccccc1Nc1cc(C(=O)Nc2ccc(F)c(F)c2)ccn1. The molecule has 1 aromatic heterocycles. The summed E-state index contributed by atoms with van der Waals surface area (Å²) in [6, 6.07) is 15.0. The van der Waals surface area contributed by atoms with Crippen LogP contribution in [-0.4, -0.2) is 10.9 Å². The number of amides is 1. The van der Waals surface area contributed by atoms with E-state index >= 15 is 0 Å². The number of nitrogens with one attached hydrogen (secondary N) is 2. The van der Waals surface area contributed by atoms with Crippen LogP contribution in [0.1, 0.15) is 15.9 Å². The van der Waals surface area contributed by atoms with E-state index in [-0.39, 0.29) is 11.3 Å². The molecule has 128 valence electrons. The molecule has 3 aromatic rings. The van der Waals surface area contributed by atoms with Gasteiger partial charge in [-0.3, -0.25) is 4.79 Å². The third-order valence-corrected chi connectivity index (χ3v) is 3.51. The highest BCUT2D eigenvalue weighted by Gasteiger charge is 2.10. The number of pyridine rings is 1. The summed E-state index contributed by atoms with van der Waals surface area (Å²) in [6.45, 7) is 0. The van der Waals surface area contributed by atoms with E-state index < -0.39 is 17.5 Å². The minimum absolute atomic E-state index is 0.134. The van der Waals surface area contributed by atoms with Crippen LogP contribution in [0.5, 0.6) is 0 Å². The summed E-state index contributed by atoms with van der Waals surface area (Å²) in [6.07, 6.45) is 1.43. The number of para-hydroxylation sites is 1. The first-order valence-corrected chi connectivity index (χ1v) is 7.55. The van der Waals surface area contributed by atoms with E-state index in [2.05, 4.69) is 21.7 Å². The topological polar surface area (TPSA) is 77.8 Å². The Labute approximate surface area is 147 Å². The van der Waals surface area contributed by atoms with Crippen molar-refractivity contribution in [2.24, 2.45) is 0 Å². The van der Waals surface area contributed by atoms with Crippen molar-refractivity contribution < 1.29 is 13.6 Å². The average molecular weight is 350 g/mol. The van der Waals surface area contributed by atoms with Crippen molar-refractivity contribution in [3.05, 3.63) is 83.6 Å². The van der Waals surface area contributed by atoms with E-state index in [0.29, 0.717) is 17.1 Å². The molecule has 0 aliphatic carbocycles. The zero-order chi connectivity index (χ0) is 18.5. The van der Waals surface area contributed by atoms with Gasteiger partial charge in [-0.25, -0.2) is 13.8 Å². The highest BCUT2D eigenvalue weighted by atomic mass is 19.2. The van der Waals surface area contributed by atoms with Gasteiger partial charge in [-0.05, 0) is 36.4 Å². The second kappa shape index (κ2) is 7.40. The molecule has 0 saturated carbocycles. The Morgan fingerprint density at radius 3 is 2.62 bits per heavy atom. The number of anilines is 3. The molecule has 5 nitrogen and oxygen atoms in total. The van der Waals surface area contributed by atoms with Crippen molar-refractivity contribution in [3.63, 3.8) is 0 Å². The van der Waals surface area contributed by atoms with Crippen LogP contribution in [0.25, 0.3) is 0 Å². The molecule has 0 atom stereocenters. The third-order valence-electron chi connectivity index (χ3n) is 3.51. The highest BCUT2D eigenvalue weighted by molar-refractivity contribution is 6.04. The maximum atomic E-state index is 13.2. The molecule has 0 radical (unpaired) electrons. The number of halogens is 2. The Bertz CT molecular complexity index is 1010. The molecular weight excluding hydrogens is 338 g/mol. The second-order valence-corrected chi connectivity index (χ2v) is 5.30. The number of carbonyl (C=O) groups is 1. The summed E-state index contributed by atoms with van der Waals surface area (Å²) in [7, 11) is 0. The normalized spacial score (nSPS) is 10.0. The number of hydrogen-bond donors (Lipinski definition) is 2. The van der Waals surface area contributed by atoms with Crippen LogP contribution in [0.2, 0.25) is 0 Å². The molecular formula is C19H12F2N4O. The lowest BCUT2D eigenvalue weighted by Gasteiger charge is -2.09. The van der Waals surface area contributed by atoms with Crippen LogP contribution in [-0.2, 0) is 0 Å². The predicted molar refractivity (Wildman–Crippen MR) is 93.0 cm³/mol. The maximum absolute atomic E-state index is 13.2. The van der Waals surface area contributed by atoms with E-state index in [0.717, 1.165) is 12.1 Å². The molecule has 2 N–H and O–H groups in total. The number of rotatable bonds is 4. The number of hydrogen-bond acceptors (Lipinski definition) is 4. The zero-order valence-corrected chi connectivity index (χ0v) is 13.3. The molecule has 0 bridgehead atoms. The molecule has 1 heterocycles. The largest absolute Gasteiger partial charge is 0.339 e. The van der Waals surface area contributed by atoms with E-state index in [9.17, 15) is 13.6 Å². The van der Waals surface area contributed by atoms with Gasteiger partial charge in [0, 0.05) is 23.5 Å². The standard InChI is InChI=1S/C19H12F2N4O/c20-15-6-5-14(10-16(15)21)24-19(26)12-7-8-23-18(9-12)25-17-4-2-1-3-13(17)11-22/h1-10H,(H,23,25)(H,24,26). The molecule has 0 aliphatic rings. The van der Waals surface area contributed by atoms with Crippen molar-refractivity contribution >= 4 is 23.1 Å². The zero-order valence-electron chi connectivity index (χ0n) is 13.3. The fourth-order valence-corrected chi connectivity index (χ4v) is 2.24. The first-order chi connectivity index (χ1) is 12.6. The van der Waals surface area contributed by atoms with Crippen LogP contribution in [0.3, 0.4) is 0 Å². The predicted octanol–water partition coefficient (Wildman–Crippen LogP) is 4.23. The van der Waals surface area contributed by atoms with Gasteiger partial charge < -0.3 is 10.6 Å². The number of nitrogens with zero attached hydrogens (tertiary/aromatic N) is 2. The average Bonchev–Trinajstić information content (AvgIpc) is 2.65. The lowest BCUT2D eigenvalue weighted by atomic mass is 10.2. The monoisotopic (exact) mass is 350 g/mol. The summed E-state index contributed by atoms with van der Waals surface area (Å²) in [4.78, 5) is 16.4. The summed E-state index contributed by atoms with van der Waals surface area (Å²) in [5, 5.41) is 14.6. The molecule has 3 rings (SSSR count). The van der Waals surface area contributed by atoms with E-state index in [1.54, 1.807) is 24.3 Å². The summed E-state index contributed by atoms with van der Waals surface area (Å²) in [5.41, 5.74) is 1.39. The van der Waals surface area contributed by atoms with Gasteiger partial charge in [0.25, 0.3) is 5.91 Å². The van der Waals surface area contributed by atoms with Crippen molar-refractivity contribution in [2.75, 3.05) is 10.6 Å². The van der Waals surface area contributed by atoms with Crippen LogP contribution in [0, 0.1) is 23.0 Å². The van der Waals surface area contributed by atoms with E-state index in [1.165, 1.54) is 24.4 Å². The number of carbonyl (C=O) groups excluding carboxylic acids is 1. The van der Waals surface area contributed by atoms with Gasteiger partial charge in [0.2, 0.25) is 0 Å². The van der Waals surface area contributed by atoms with Crippen molar-refractivity contribution in [3.8, 4) is 6.07 Å². The molecule has 7 heteroatoms. The van der Waals surface area contributed by atoms with Gasteiger partial charge in [-0.15, -0.1) is 0 Å². The summed E-state index contributed by atoms with van der Waals surface area (Å²) < 4.78 is 26.2. The number of benzene rings is 2. The fraction of sp³-hybridized carbons (Fsp3) is 0. The lowest BCUT2D eigenvalue weighted by Crippen LogP contribution is -2.12. The number of aromatic nitrogens is 1. The smallest absolute Gasteiger partial charge is 0.255 e. The fourth-order valence-electron chi connectivity index (χ4n) is 2.24. The lowest BCUT2D eigenvalue weighted by molar-refractivity contribution is 0.102. The van der Waals surface area contributed by atoms with Gasteiger partial charge in [0.1, 0.15) is 11.9 Å². The summed E-state index contributed by atoms with van der Waals surface area (Å²) >= 11 is 0. The highest BCUT2D eigenvalue weighted by Crippen LogP contribution is 2.20. The van der Waals surface area contributed by atoms with Gasteiger partial charge >= 0.3 is 0 Å². The van der Waals surface area contributed by atoms with Crippen LogP contribution in [0.4, 0.5) is 26.0 Å². The van der Waals surface area contributed by atoms with E-state index in [1.807, 2.05) is 0 Å². The molecule has 26 heavy (non-hydrogen) atoms. The van der Waals surface area contributed by atoms with Gasteiger partial charge in [-0.2, -0.15) is 5.26 Å². The van der Waals surface area contributed by atoms with Gasteiger partial charge in [0.15, 0.2) is 11.6 Å². The Hall–Kier alpha value is -3.79. The molecule has 0 aliphatic heterocycles. The molecule has 2 aromatic carbocycles. The van der Waals surface area contributed by atoms with Gasteiger partial charge in [-0.1, -0.05) is 12.1 Å². The molecule has 0 spiro atoms. The Kier molecular flexibility index (Phi) is 4.85. The second-order valence-electron chi connectivity index (χ2n) is 5.30. The Morgan fingerprint density at radius 2 is 1.85 bits per heavy atom. The van der Waals surface area contributed by atoms with Crippen LogP contribution < -0.4 is 10.6 Å². The van der Waals surface area contributed by atoms with Crippen molar-refractivity contribution in [2.45, 2.75) is 0 Å². The maximum Gasteiger partial charge on any atom is 0.255 e. The van der Waals surface area contributed by atoms with Crippen molar-refractivity contribution in [1.82, 2.24) is 4.98 Å². The third kappa shape index (κ3) is 3.82. The van der Waals surface area contributed by atoms with E-state index in [4.69, 9.17) is 5.26 Å². The number of nitriles is 1. The molecule has 1 amide bonds. The van der Waals surface area contributed by atoms with Crippen molar-refractivity contribution in [1.29, 1.82) is 5.26 Å². The van der Waals surface area contributed by atoms with Crippen LogP contribution >= 0.6 is 0 Å². The molecule has 0 fully saturated rings. The minimum atomic E-state index is -1.05. The first-order valence-electron chi connectivity index (χ1n) is 7.55. The van der Waals surface area contributed by atoms with Crippen LogP contribution in [0.15, 0.2) is 60.8 Å². The minimum Gasteiger partial charge on any atom is -0.339 e. The summed E-state index contributed by atoms with van der Waals surface area (Å²) in [5.74, 6) is -2.18. The van der Waals surface area contributed by atoms with Gasteiger partial charge in [0.05, 0.1) is 11.3 Å². The quantitative estimate of drug-likeness (QED) is 0.738. The molecule has 0 unspecified atom stereocenters. The first kappa shape index (κ1) is 17.0. The Morgan fingerprint density at radius 1 is 1.04 bits per heavy atom. The Balaban J connectivity index is 1.79. The molecule has 0 saturated heterocycles.